The lowest BCUT2D eigenvalue weighted by Gasteiger charge is -2.05. The molecule has 0 bridgehead atoms. The van der Waals surface area contributed by atoms with Gasteiger partial charge in [-0.25, -0.2) is 4.31 Å². The summed E-state index contributed by atoms with van der Waals surface area (Å²) in [5.41, 5.74) is 0. The lowest BCUT2D eigenvalue weighted by atomic mass is 10.3. The molecule has 1 heterocycles. The van der Waals surface area contributed by atoms with E-state index in [4.69, 9.17) is 18.8 Å². The van der Waals surface area contributed by atoms with Gasteiger partial charge in [-0.15, -0.1) is 0 Å². The molecule has 2 N–H and O–H groups in total. The zero-order valence-corrected chi connectivity index (χ0v) is 8.11. The number of hydrogen-bond donors (Lipinski definition) is 2. The molecule has 0 saturated carbocycles. The van der Waals surface area contributed by atoms with Gasteiger partial charge in [-0.1, -0.05) is 12.1 Å². The summed E-state index contributed by atoms with van der Waals surface area (Å²) in [6, 6.07) is 6.71. The van der Waals surface area contributed by atoms with Crippen LogP contribution in [-0.4, -0.2) is 9.79 Å². The quantitative estimate of drug-likeness (QED) is 0.653. The van der Waals surface area contributed by atoms with Gasteiger partial charge in [0.2, 0.25) is 0 Å². The highest BCUT2D eigenvalue weighted by Crippen LogP contribution is 2.55. The highest BCUT2D eigenvalue weighted by atomic mass is 31.2. The molecule has 1 aromatic carbocycles. The van der Waals surface area contributed by atoms with Crippen LogP contribution in [0, 0.1) is 0 Å². The molecule has 0 radical (unpaired) electrons. The van der Waals surface area contributed by atoms with Crippen LogP contribution >= 0.6 is 17.2 Å². The second kappa shape index (κ2) is 3.74. The molecule has 5 nitrogen and oxygen atoms in total. The van der Waals surface area contributed by atoms with Crippen LogP contribution < -0.4 is 9.05 Å². The van der Waals surface area contributed by atoms with Crippen molar-refractivity contribution in [3.8, 4) is 11.5 Å². The molecular weight excluding hydrogens is 214 g/mol. The van der Waals surface area contributed by atoms with Crippen molar-refractivity contribution in [3.63, 3.8) is 0 Å². The topological polar surface area (TPSA) is 68.2 Å². The summed E-state index contributed by atoms with van der Waals surface area (Å²) in [4.78, 5) is 18.2. The van der Waals surface area contributed by atoms with Gasteiger partial charge in [0.05, 0.1) is 0 Å². The molecule has 1 aliphatic rings. The van der Waals surface area contributed by atoms with E-state index in [-0.39, 0.29) is 0 Å². The van der Waals surface area contributed by atoms with Crippen LogP contribution in [0.5, 0.6) is 11.5 Å². The third-order valence-corrected chi connectivity index (χ3v) is 3.17. The third kappa shape index (κ3) is 2.08. The van der Waals surface area contributed by atoms with Crippen LogP contribution in [-0.2, 0) is 4.31 Å². The monoisotopic (exact) mass is 220 g/mol. The van der Waals surface area contributed by atoms with E-state index in [0.717, 1.165) is 0 Å². The molecule has 70 valence electrons. The van der Waals surface area contributed by atoms with Crippen LogP contribution in [0.2, 0.25) is 0 Å². The lowest BCUT2D eigenvalue weighted by molar-refractivity contribution is 0.355. The van der Waals surface area contributed by atoms with Gasteiger partial charge in [0.1, 0.15) is 0 Å². The molecule has 1 aromatic rings. The van der Waals surface area contributed by atoms with Crippen molar-refractivity contribution in [3.05, 3.63) is 24.3 Å². The van der Waals surface area contributed by atoms with E-state index < -0.39 is 17.2 Å². The van der Waals surface area contributed by atoms with Crippen LogP contribution in [0.4, 0.5) is 0 Å². The Morgan fingerprint density at radius 3 is 1.85 bits per heavy atom. The van der Waals surface area contributed by atoms with Crippen LogP contribution in [0.3, 0.4) is 0 Å². The van der Waals surface area contributed by atoms with Gasteiger partial charge in [-0.05, 0) is 12.1 Å². The molecule has 2 rings (SSSR count). The fourth-order valence-corrected chi connectivity index (χ4v) is 2.25. The number of benzene rings is 1. The molecule has 2 atom stereocenters. The number of fused-ring (bicyclic) bond motifs is 1. The van der Waals surface area contributed by atoms with Crippen molar-refractivity contribution in [2.24, 2.45) is 0 Å². The summed E-state index contributed by atoms with van der Waals surface area (Å²) in [5.74, 6) is 0.741. The minimum Gasteiger partial charge on any atom is -0.423 e. The average Bonchev–Trinajstić information content (AvgIpc) is 2.20. The summed E-state index contributed by atoms with van der Waals surface area (Å²) >= 11 is 0. The van der Waals surface area contributed by atoms with Crippen molar-refractivity contribution in [1.82, 2.24) is 0 Å². The van der Waals surface area contributed by atoms with Gasteiger partial charge in [-0.3, -0.25) is 0 Å². The number of hydrogen-bond acceptors (Lipinski definition) is 5. The fraction of sp³-hybridized carbons (Fsp3) is 0. The smallest absolute Gasteiger partial charge is 0.402 e. The van der Waals surface area contributed by atoms with Crippen molar-refractivity contribution in [2.75, 3.05) is 0 Å². The van der Waals surface area contributed by atoms with E-state index in [9.17, 15) is 0 Å². The molecule has 0 spiro atoms. The van der Waals surface area contributed by atoms with Gasteiger partial charge < -0.3 is 18.8 Å². The molecule has 0 amide bonds. The molecule has 1 aliphatic heterocycles. The predicted octanol–water partition coefficient (Wildman–Crippen LogP) is 1.91. The zero-order valence-electron chi connectivity index (χ0n) is 6.32. The molecule has 0 aliphatic carbocycles. The van der Waals surface area contributed by atoms with Crippen molar-refractivity contribution >= 4 is 17.2 Å². The Morgan fingerprint density at radius 2 is 1.38 bits per heavy atom. The molecule has 0 saturated heterocycles. The second-order valence-electron chi connectivity index (χ2n) is 2.19. The Hall–Kier alpha value is -0.440. The van der Waals surface area contributed by atoms with E-state index in [2.05, 4.69) is 4.31 Å². The Labute approximate surface area is 76.9 Å². The molecule has 7 heteroatoms. The maximum absolute atomic E-state index is 9.10. The zero-order chi connectivity index (χ0) is 9.26. The van der Waals surface area contributed by atoms with Crippen molar-refractivity contribution < 1.29 is 23.1 Å². The molecule has 13 heavy (non-hydrogen) atoms. The predicted molar refractivity (Wildman–Crippen MR) is 47.1 cm³/mol. The largest absolute Gasteiger partial charge is 0.423 e. The van der Waals surface area contributed by atoms with E-state index in [1.54, 1.807) is 24.3 Å². The highest BCUT2D eigenvalue weighted by molar-refractivity contribution is 7.55. The molecular formula is C6H6O5P2. The summed E-state index contributed by atoms with van der Waals surface area (Å²) in [5, 5.41) is 0. The first-order valence-electron chi connectivity index (χ1n) is 3.37. The number of rotatable bonds is 0. The maximum atomic E-state index is 9.10. The first-order valence-corrected chi connectivity index (χ1v) is 5.63. The Bertz CT molecular complexity index is 278. The first-order chi connectivity index (χ1) is 6.25. The second-order valence-corrected chi connectivity index (χ2v) is 4.16. The van der Waals surface area contributed by atoms with Crippen molar-refractivity contribution in [1.29, 1.82) is 0 Å². The Kier molecular flexibility index (Phi) is 2.63. The maximum Gasteiger partial charge on any atom is 0.402 e. The van der Waals surface area contributed by atoms with Gasteiger partial charge >= 0.3 is 17.2 Å². The summed E-state index contributed by atoms with van der Waals surface area (Å²) in [6.45, 7) is 0. The SMILES string of the molecule is OP1Oc2ccccc2OP(O)O1. The molecule has 0 aromatic heterocycles. The van der Waals surface area contributed by atoms with E-state index in [1.807, 2.05) is 0 Å². The van der Waals surface area contributed by atoms with Crippen LogP contribution in [0.15, 0.2) is 24.3 Å². The summed E-state index contributed by atoms with van der Waals surface area (Å²) in [6.07, 6.45) is 0. The Balaban J connectivity index is 2.32. The Morgan fingerprint density at radius 1 is 0.923 bits per heavy atom. The van der Waals surface area contributed by atoms with Crippen molar-refractivity contribution in [2.45, 2.75) is 0 Å². The van der Waals surface area contributed by atoms with Crippen LogP contribution in [0.1, 0.15) is 0 Å². The normalized spacial score (nSPS) is 26.6. The highest BCUT2D eigenvalue weighted by Gasteiger charge is 2.26. The lowest BCUT2D eigenvalue weighted by Crippen LogP contribution is -1.84. The summed E-state index contributed by atoms with van der Waals surface area (Å²) in [7, 11) is -4.18. The van der Waals surface area contributed by atoms with Crippen LogP contribution in [0.25, 0.3) is 0 Å². The fourth-order valence-electron chi connectivity index (χ4n) is 0.862. The molecule has 2 unspecified atom stereocenters. The standard InChI is InChI=1S/C6H6O5P2/c7-12-9-5-3-1-2-4-6(5)10-13(8)11-12/h1-4,7-8H. The molecule has 0 fully saturated rings. The minimum absolute atomic E-state index is 0.371. The number of para-hydroxylation sites is 2. The summed E-state index contributed by atoms with van der Waals surface area (Å²) < 4.78 is 14.5. The van der Waals surface area contributed by atoms with Gasteiger partial charge in [0.25, 0.3) is 0 Å². The first kappa shape index (κ1) is 9.13. The van der Waals surface area contributed by atoms with Gasteiger partial charge in [-0.2, -0.15) is 0 Å². The minimum atomic E-state index is -2.09. The van der Waals surface area contributed by atoms with Gasteiger partial charge in [0, 0.05) is 0 Å². The van der Waals surface area contributed by atoms with E-state index in [0.29, 0.717) is 11.5 Å². The van der Waals surface area contributed by atoms with Gasteiger partial charge in [0.15, 0.2) is 11.5 Å². The average molecular weight is 220 g/mol. The third-order valence-electron chi connectivity index (χ3n) is 1.34. The van der Waals surface area contributed by atoms with E-state index in [1.165, 1.54) is 0 Å². The van der Waals surface area contributed by atoms with E-state index >= 15 is 0 Å².